The van der Waals surface area contributed by atoms with Gasteiger partial charge in [0.1, 0.15) is 5.82 Å². The smallest absolute Gasteiger partial charge is 0.123 e. The number of hydrogen-bond acceptors (Lipinski definition) is 1. The van der Waals surface area contributed by atoms with Crippen LogP contribution < -0.4 is 5.73 Å². The molecule has 3 atom stereocenters. The van der Waals surface area contributed by atoms with Gasteiger partial charge in [0.15, 0.2) is 0 Å². The van der Waals surface area contributed by atoms with Crippen molar-refractivity contribution < 1.29 is 4.39 Å². The largest absolute Gasteiger partial charge is 0.327 e. The van der Waals surface area contributed by atoms with Crippen LogP contribution in [0.5, 0.6) is 0 Å². The summed E-state index contributed by atoms with van der Waals surface area (Å²) in [5, 5.41) is 0. The van der Waals surface area contributed by atoms with E-state index in [0.717, 1.165) is 12.0 Å². The lowest BCUT2D eigenvalue weighted by atomic mass is 9.88. The van der Waals surface area contributed by atoms with Gasteiger partial charge in [-0.3, -0.25) is 0 Å². The lowest BCUT2D eigenvalue weighted by Crippen LogP contribution is -2.27. The predicted octanol–water partition coefficient (Wildman–Crippen LogP) is 2.45. The second kappa shape index (κ2) is 3.35. The molecule has 14 heavy (non-hydrogen) atoms. The van der Waals surface area contributed by atoms with E-state index < -0.39 is 0 Å². The maximum absolute atomic E-state index is 13.1. The van der Waals surface area contributed by atoms with Crippen molar-refractivity contribution in [1.29, 1.82) is 0 Å². The first-order valence-electron chi connectivity index (χ1n) is 5.13. The van der Waals surface area contributed by atoms with E-state index in [1.54, 1.807) is 6.07 Å². The first kappa shape index (κ1) is 9.66. The van der Waals surface area contributed by atoms with Gasteiger partial charge in [0.25, 0.3) is 0 Å². The highest BCUT2D eigenvalue weighted by Gasteiger charge is 2.31. The van der Waals surface area contributed by atoms with Crippen molar-refractivity contribution in [3.05, 3.63) is 35.1 Å². The highest BCUT2D eigenvalue weighted by molar-refractivity contribution is 5.37. The van der Waals surface area contributed by atoms with Crippen molar-refractivity contribution in [3.8, 4) is 0 Å². The summed E-state index contributed by atoms with van der Waals surface area (Å²) in [6, 6.07) is 5.18. The Morgan fingerprint density at radius 2 is 2.21 bits per heavy atom. The Kier molecular flexibility index (Phi) is 2.31. The number of nitrogens with two attached hydrogens (primary N) is 1. The van der Waals surface area contributed by atoms with Crippen LogP contribution in [0.3, 0.4) is 0 Å². The third-order valence-corrected chi connectivity index (χ3v) is 3.19. The highest BCUT2D eigenvalue weighted by Crippen LogP contribution is 2.39. The topological polar surface area (TPSA) is 26.0 Å². The molecule has 1 aromatic carbocycles. The molecule has 76 valence electrons. The van der Waals surface area contributed by atoms with Crippen molar-refractivity contribution in [3.63, 3.8) is 0 Å². The normalized spacial score (nSPS) is 27.4. The van der Waals surface area contributed by atoms with Crippen LogP contribution in [0.2, 0.25) is 0 Å². The molecule has 0 aliphatic heterocycles. The monoisotopic (exact) mass is 193 g/mol. The molecule has 0 aromatic heterocycles. The molecule has 1 nitrogen and oxygen atoms in total. The van der Waals surface area contributed by atoms with Gasteiger partial charge in [-0.15, -0.1) is 0 Å². The first-order valence-corrected chi connectivity index (χ1v) is 5.13. The molecule has 1 aromatic rings. The Morgan fingerprint density at radius 3 is 2.86 bits per heavy atom. The SMILES string of the molecule is CC(N)C1c2cc(F)ccc2CC1C. The van der Waals surface area contributed by atoms with E-state index in [4.69, 9.17) is 5.73 Å². The Labute approximate surface area is 84.1 Å². The minimum absolute atomic E-state index is 0.105. The second-order valence-electron chi connectivity index (χ2n) is 4.41. The Hall–Kier alpha value is -0.890. The molecule has 0 bridgehead atoms. The van der Waals surface area contributed by atoms with E-state index in [2.05, 4.69) is 6.92 Å². The van der Waals surface area contributed by atoms with Crippen molar-refractivity contribution in [1.82, 2.24) is 0 Å². The standard InChI is InChI=1S/C12H16FN/c1-7-5-9-3-4-10(13)6-11(9)12(7)8(2)14/h3-4,6-8,12H,5,14H2,1-2H3. The molecule has 0 radical (unpaired) electrons. The van der Waals surface area contributed by atoms with E-state index >= 15 is 0 Å². The summed E-state index contributed by atoms with van der Waals surface area (Å²) in [6.07, 6.45) is 1.03. The maximum Gasteiger partial charge on any atom is 0.123 e. The number of halogens is 1. The molecule has 0 fully saturated rings. The molecule has 2 rings (SSSR count). The van der Waals surface area contributed by atoms with E-state index in [1.807, 2.05) is 13.0 Å². The molecule has 0 saturated heterocycles. The lowest BCUT2D eigenvalue weighted by molar-refractivity contribution is 0.438. The zero-order valence-corrected chi connectivity index (χ0v) is 8.63. The molecule has 0 heterocycles. The van der Waals surface area contributed by atoms with Gasteiger partial charge in [0.05, 0.1) is 0 Å². The molecule has 2 N–H and O–H groups in total. The van der Waals surface area contributed by atoms with Crippen LogP contribution in [0.1, 0.15) is 30.9 Å². The van der Waals surface area contributed by atoms with Gasteiger partial charge in [-0.05, 0) is 42.5 Å². The van der Waals surface area contributed by atoms with Crippen molar-refractivity contribution >= 4 is 0 Å². The van der Waals surface area contributed by atoms with Gasteiger partial charge < -0.3 is 5.73 Å². The summed E-state index contributed by atoms with van der Waals surface area (Å²) in [4.78, 5) is 0. The summed E-state index contributed by atoms with van der Waals surface area (Å²) in [6.45, 7) is 4.19. The molecular weight excluding hydrogens is 177 g/mol. The number of benzene rings is 1. The minimum Gasteiger partial charge on any atom is -0.327 e. The molecule has 1 aliphatic carbocycles. The predicted molar refractivity (Wildman–Crippen MR) is 55.7 cm³/mol. The van der Waals surface area contributed by atoms with Crippen LogP contribution in [-0.2, 0) is 6.42 Å². The van der Waals surface area contributed by atoms with Gasteiger partial charge >= 0.3 is 0 Å². The fourth-order valence-corrected chi connectivity index (χ4v) is 2.64. The molecule has 3 unspecified atom stereocenters. The molecule has 0 amide bonds. The van der Waals surface area contributed by atoms with Gasteiger partial charge in [0.2, 0.25) is 0 Å². The quantitative estimate of drug-likeness (QED) is 0.728. The van der Waals surface area contributed by atoms with E-state index in [9.17, 15) is 4.39 Å². The highest BCUT2D eigenvalue weighted by atomic mass is 19.1. The van der Waals surface area contributed by atoms with E-state index in [1.165, 1.54) is 11.6 Å². The fourth-order valence-electron chi connectivity index (χ4n) is 2.64. The average Bonchev–Trinajstić information content (AvgIpc) is 2.40. The summed E-state index contributed by atoms with van der Waals surface area (Å²) in [5.74, 6) is 0.705. The van der Waals surface area contributed by atoms with Crippen molar-refractivity contribution in [2.45, 2.75) is 32.2 Å². The molecular formula is C12H16FN. The Morgan fingerprint density at radius 1 is 1.50 bits per heavy atom. The van der Waals surface area contributed by atoms with Gasteiger partial charge in [-0.2, -0.15) is 0 Å². The average molecular weight is 193 g/mol. The molecule has 2 heteroatoms. The van der Waals surface area contributed by atoms with Crippen LogP contribution in [0.25, 0.3) is 0 Å². The Bertz CT molecular complexity index is 346. The van der Waals surface area contributed by atoms with Crippen LogP contribution in [0, 0.1) is 11.7 Å². The van der Waals surface area contributed by atoms with Gasteiger partial charge in [0, 0.05) is 12.0 Å². The van der Waals surface area contributed by atoms with Crippen molar-refractivity contribution in [2.24, 2.45) is 11.7 Å². The summed E-state index contributed by atoms with van der Waals surface area (Å²) in [5.41, 5.74) is 8.31. The maximum atomic E-state index is 13.1. The van der Waals surface area contributed by atoms with Crippen LogP contribution in [-0.4, -0.2) is 6.04 Å². The Balaban J connectivity index is 2.44. The number of rotatable bonds is 1. The summed E-state index contributed by atoms with van der Waals surface area (Å²) < 4.78 is 13.1. The molecule has 1 aliphatic rings. The van der Waals surface area contributed by atoms with Crippen LogP contribution in [0.4, 0.5) is 4.39 Å². The van der Waals surface area contributed by atoms with E-state index in [0.29, 0.717) is 11.8 Å². The zero-order chi connectivity index (χ0) is 10.3. The third kappa shape index (κ3) is 1.44. The van der Waals surface area contributed by atoms with Crippen LogP contribution in [0.15, 0.2) is 18.2 Å². The molecule has 0 spiro atoms. The van der Waals surface area contributed by atoms with Gasteiger partial charge in [-0.25, -0.2) is 4.39 Å². The number of hydrogen-bond donors (Lipinski definition) is 1. The van der Waals surface area contributed by atoms with Crippen LogP contribution >= 0.6 is 0 Å². The fraction of sp³-hybridized carbons (Fsp3) is 0.500. The summed E-state index contributed by atoms with van der Waals surface area (Å²) in [7, 11) is 0. The zero-order valence-electron chi connectivity index (χ0n) is 8.63. The summed E-state index contributed by atoms with van der Waals surface area (Å²) >= 11 is 0. The minimum atomic E-state index is -0.150. The molecule has 0 saturated carbocycles. The first-order chi connectivity index (χ1) is 6.59. The third-order valence-electron chi connectivity index (χ3n) is 3.19. The van der Waals surface area contributed by atoms with E-state index in [-0.39, 0.29) is 11.9 Å². The van der Waals surface area contributed by atoms with Gasteiger partial charge in [-0.1, -0.05) is 13.0 Å². The lowest BCUT2D eigenvalue weighted by Gasteiger charge is -2.20. The van der Waals surface area contributed by atoms with Crippen molar-refractivity contribution in [2.75, 3.05) is 0 Å². The number of fused-ring (bicyclic) bond motifs is 1. The second-order valence-corrected chi connectivity index (χ2v) is 4.41.